The molecule has 0 saturated heterocycles. The van der Waals surface area contributed by atoms with E-state index in [-0.39, 0.29) is 0 Å². The molecule has 1 unspecified atom stereocenters. The Balaban J connectivity index is 3.68. The number of hydrogen-bond acceptors (Lipinski definition) is 1. The first-order valence-corrected chi connectivity index (χ1v) is 4.34. The number of aliphatic imine (C=N–C) groups is 1. The Bertz CT molecular complexity index is 187. The number of hydrogen-bond donors (Lipinski definition) is 0. The molecular formula is C8H12F2NP. The van der Waals surface area contributed by atoms with Gasteiger partial charge in [0.25, 0.3) is 6.43 Å². The molecule has 0 N–H and O–H groups in total. The fraction of sp³-hybridized carbons (Fsp3) is 0.375. The van der Waals surface area contributed by atoms with E-state index in [4.69, 9.17) is 0 Å². The summed E-state index contributed by atoms with van der Waals surface area (Å²) in [5, 5.41) is 0. The Morgan fingerprint density at radius 2 is 2.25 bits per heavy atom. The van der Waals surface area contributed by atoms with Gasteiger partial charge in [0.2, 0.25) is 0 Å². The second-order valence-electron chi connectivity index (χ2n) is 2.15. The zero-order valence-corrected chi connectivity index (χ0v) is 7.87. The van der Waals surface area contributed by atoms with Crippen LogP contribution in [0.25, 0.3) is 0 Å². The van der Waals surface area contributed by atoms with Crippen LogP contribution in [0.1, 0.15) is 6.42 Å². The van der Waals surface area contributed by atoms with Crippen LogP contribution < -0.4 is 0 Å². The molecule has 0 aromatic carbocycles. The van der Waals surface area contributed by atoms with E-state index < -0.39 is 6.43 Å². The zero-order valence-electron chi connectivity index (χ0n) is 6.71. The highest BCUT2D eigenvalue weighted by Crippen LogP contribution is 2.02. The largest absolute Gasteiger partial charge is 0.273 e. The summed E-state index contributed by atoms with van der Waals surface area (Å²) in [6, 6.07) is 0. The Kier molecular flexibility index (Phi) is 6.78. The van der Waals surface area contributed by atoms with Gasteiger partial charge in [-0.05, 0) is 18.7 Å². The molecule has 0 bridgehead atoms. The minimum absolute atomic E-state index is 0.588. The van der Waals surface area contributed by atoms with Crippen LogP contribution in [0.5, 0.6) is 0 Å². The maximum absolute atomic E-state index is 11.5. The van der Waals surface area contributed by atoms with E-state index in [9.17, 15) is 8.78 Å². The molecule has 0 amide bonds. The molecule has 12 heavy (non-hydrogen) atoms. The third kappa shape index (κ3) is 7.55. The molecule has 1 atom stereocenters. The number of halogens is 2. The van der Waals surface area contributed by atoms with Crippen LogP contribution in [0.2, 0.25) is 0 Å². The van der Waals surface area contributed by atoms with Gasteiger partial charge in [-0.2, -0.15) is 0 Å². The lowest BCUT2D eigenvalue weighted by Crippen LogP contribution is -1.88. The lowest BCUT2D eigenvalue weighted by atomic mass is 10.2. The van der Waals surface area contributed by atoms with Crippen molar-refractivity contribution in [1.82, 2.24) is 0 Å². The van der Waals surface area contributed by atoms with E-state index >= 15 is 0 Å². The van der Waals surface area contributed by atoms with Crippen molar-refractivity contribution < 1.29 is 8.78 Å². The second kappa shape index (κ2) is 7.11. The Labute approximate surface area is 73.5 Å². The highest BCUT2D eigenvalue weighted by Gasteiger charge is 1.91. The fourth-order valence-corrected chi connectivity index (χ4v) is 0.903. The van der Waals surface area contributed by atoms with Gasteiger partial charge in [0.15, 0.2) is 0 Å². The van der Waals surface area contributed by atoms with Crippen molar-refractivity contribution in [2.24, 2.45) is 4.99 Å². The summed E-state index contributed by atoms with van der Waals surface area (Å²) >= 11 is 0. The SMILES string of the molecule is C=C(/C=C\N=CC(F)F)CCP. The minimum Gasteiger partial charge on any atom is -0.263 e. The molecule has 0 heterocycles. The molecule has 0 rings (SSSR count). The first-order chi connectivity index (χ1) is 5.66. The molecule has 0 aromatic heterocycles. The van der Waals surface area contributed by atoms with Gasteiger partial charge in [0, 0.05) is 6.20 Å². The van der Waals surface area contributed by atoms with Crippen molar-refractivity contribution in [3.05, 3.63) is 24.4 Å². The van der Waals surface area contributed by atoms with E-state index in [1.807, 2.05) is 0 Å². The topological polar surface area (TPSA) is 12.4 Å². The maximum atomic E-state index is 11.5. The van der Waals surface area contributed by atoms with Crippen LogP contribution in [0.3, 0.4) is 0 Å². The van der Waals surface area contributed by atoms with Crippen molar-refractivity contribution in [2.75, 3.05) is 6.16 Å². The van der Waals surface area contributed by atoms with Gasteiger partial charge in [-0.15, -0.1) is 9.24 Å². The summed E-state index contributed by atoms with van der Waals surface area (Å²) in [4.78, 5) is 3.37. The molecule has 0 fully saturated rings. The predicted molar refractivity (Wildman–Crippen MR) is 52.0 cm³/mol. The van der Waals surface area contributed by atoms with Crippen LogP contribution in [0.15, 0.2) is 29.4 Å². The summed E-state index contributed by atoms with van der Waals surface area (Å²) in [7, 11) is 2.56. The van der Waals surface area contributed by atoms with E-state index in [0.717, 1.165) is 18.2 Å². The van der Waals surface area contributed by atoms with Gasteiger partial charge >= 0.3 is 0 Å². The summed E-state index contributed by atoms with van der Waals surface area (Å²) in [5.41, 5.74) is 0.886. The average molecular weight is 191 g/mol. The number of alkyl halides is 2. The summed E-state index contributed by atoms with van der Waals surface area (Å²) in [6.07, 6.45) is 2.82. The van der Waals surface area contributed by atoms with Crippen molar-refractivity contribution in [3.8, 4) is 0 Å². The highest BCUT2D eigenvalue weighted by atomic mass is 31.0. The monoisotopic (exact) mass is 191 g/mol. The molecule has 0 aliphatic heterocycles. The Hall–Kier alpha value is -0.560. The molecule has 68 valence electrons. The lowest BCUT2D eigenvalue weighted by molar-refractivity contribution is 0.231. The highest BCUT2D eigenvalue weighted by molar-refractivity contribution is 7.16. The first kappa shape index (κ1) is 11.4. The lowest BCUT2D eigenvalue weighted by Gasteiger charge is -1.92. The summed E-state index contributed by atoms with van der Waals surface area (Å²) < 4.78 is 23.0. The quantitative estimate of drug-likeness (QED) is 0.360. The van der Waals surface area contributed by atoms with E-state index in [2.05, 4.69) is 20.8 Å². The van der Waals surface area contributed by atoms with Gasteiger partial charge in [-0.25, -0.2) is 8.78 Å². The fourth-order valence-electron chi connectivity index (χ4n) is 0.532. The standard InChI is InChI=1S/C8H12F2NP/c1-7(3-5-12)2-4-11-6-8(9)10/h2,4,6,8H,1,3,5,12H2/b4-2-,11-6?. The van der Waals surface area contributed by atoms with Crippen molar-refractivity contribution in [3.63, 3.8) is 0 Å². The van der Waals surface area contributed by atoms with E-state index in [0.29, 0.717) is 6.21 Å². The Morgan fingerprint density at radius 3 is 2.75 bits per heavy atom. The second-order valence-corrected chi connectivity index (χ2v) is 2.72. The van der Waals surface area contributed by atoms with Crippen LogP contribution in [0, 0.1) is 0 Å². The predicted octanol–water partition coefficient (Wildman–Crippen LogP) is 2.66. The molecule has 0 spiro atoms. The third-order valence-electron chi connectivity index (χ3n) is 1.06. The van der Waals surface area contributed by atoms with Gasteiger partial charge in [-0.1, -0.05) is 12.2 Å². The molecule has 0 aliphatic carbocycles. The summed E-state index contributed by atoms with van der Waals surface area (Å²) in [5.74, 6) is 0. The molecule has 0 aliphatic rings. The number of rotatable bonds is 5. The van der Waals surface area contributed by atoms with Crippen LogP contribution >= 0.6 is 9.24 Å². The third-order valence-corrected chi connectivity index (χ3v) is 1.35. The smallest absolute Gasteiger partial charge is 0.263 e. The normalized spacial score (nSPS) is 12.0. The van der Waals surface area contributed by atoms with Crippen LogP contribution in [-0.2, 0) is 0 Å². The molecule has 4 heteroatoms. The number of allylic oxidation sites excluding steroid dienone is 2. The first-order valence-electron chi connectivity index (χ1n) is 3.52. The van der Waals surface area contributed by atoms with Crippen LogP contribution in [0.4, 0.5) is 8.78 Å². The summed E-state index contributed by atoms with van der Waals surface area (Å²) in [6.45, 7) is 3.70. The van der Waals surface area contributed by atoms with Gasteiger partial charge in [0.1, 0.15) is 0 Å². The minimum atomic E-state index is -2.48. The molecule has 0 aromatic rings. The molecule has 0 radical (unpaired) electrons. The van der Waals surface area contributed by atoms with Gasteiger partial charge in [-0.3, -0.25) is 4.99 Å². The van der Waals surface area contributed by atoms with Crippen LogP contribution in [-0.4, -0.2) is 18.8 Å². The zero-order chi connectivity index (χ0) is 9.40. The van der Waals surface area contributed by atoms with Crippen molar-refractivity contribution in [1.29, 1.82) is 0 Å². The van der Waals surface area contributed by atoms with Crippen molar-refractivity contribution >= 4 is 15.5 Å². The average Bonchev–Trinajstić information content (AvgIpc) is 1.98. The molecule has 0 saturated carbocycles. The maximum Gasteiger partial charge on any atom is 0.273 e. The van der Waals surface area contributed by atoms with Gasteiger partial charge < -0.3 is 0 Å². The van der Waals surface area contributed by atoms with Gasteiger partial charge in [0.05, 0.1) is 6.21 Å². The molecule has 1 nitrogen and oxygen atoms in total. The van der Waals surface area contributed by atoms with E-state index in [1.54, 1.807) is 6.08 Å². The van der Waals surface area contributed by atoms with Crippen molar-refractivity contribution in [2.45, 2.75) is 12.8 Å². The number of nitrogens with zero attached hydrogens (tertiary/aromatic N) is 1. The Morgan fingerprint density at radius 1 is 1.58 bits per heavy atom. The molecular weight excluding hydrogens is 179 g/mol. The van der Waals surface area contributed by atoms with E-state index in [1.165, 1.54) is 6.20 Å².